The van der Waals surface area contributed by atoms with E-state index in [0.29, 0.717) is 29.4 Å². The average molecular weight is 463 g/mol. The van der Waals surface area contributed by atoms with Crippen LogP contribution in [0.1, 0.15) is 74.3 Å². The Morgan fingerprint density at radius 1 is 0.788 bits per heavy atom. The molecule has 0 bridgehead atoms. The number of halogens is 3. The van der Waals surface area contributed by atoms with E-state index in [0.717, 1.165) is 51.4 Å². The first-order chi connectivity index (χ1) is 16.0. The molecule has 2 aromatic rings. The van der Waals surface area contributed by atoms with Crippen molar-refractivity contribution in [2.24, 2.45) is 11.8 Å². The van der Waals surface area contributed by atoms with Gasteiger partial charge in [-0.1, -0.05) is 12.1 Å². The largest absolute Gasteiger partial charge is 0.494 e. The Morgan fingerprint density at radius 3 is 1.82 bits per heavy atom. The van der Waals surface area contributed by atoms with Gasteiger partial charge in [0.25, 0.3) is 0 Å². The highest BCUT2D eigenvalue weighted by molar-refractivity contribution is 5.33. The van der Waals surface area contributed by atoms with Crippen LogP contribution in [-0.2, 0) is 0 Å². The summed E-state index contributed by atoms with van der Waals surface area (Å²) in [6.07, 6.45) is 6.59. The summed E-state index contributed by atoms with van der Waals surface area (Å²) in [5.41, 5.74) is 0.971. The molecule has 0 aliphatic heterocycles. The van der Waals surface area contributed by atoms with Gasteiger partial charge in [0.1, 0.15) is 5.75 Å². The summed E-state index contributed by atoms with van der Waals surface area (Å²) in [6.45, 7) is 0.651. The van der Waals surface area contributed by atoms with Gasteiger partial charge in [0.05, 0.1) is 13.7 Å². The fraction of sp³-hybridized carbons (Fsp3) is 0.556. The van der Waals surface area contributed by atoms with Gasteiger partial charge in [-0.25, -0.2) is 13.2 Å². The lowest BCUT2D eigenvalue weighted by Crippen LogP contribution is -2.21. The molecule has 0 radical (unpaired) electrons. The maximum atomic E-state index is 15.0. The SMILES string of the molecule is COc1ccc(OCC2CCC(c3ccc(C4CCC(CO)CC4)c(F)c3F)CC2)cc1F. The van der Waals surface area contributed by atoms with Crippen LogP contribution in [-0.4, -0.2) is 25.4 Å². The van der Waals surface area contributed by atoms with Gasteiger partial charge in [-0.2, -0.15) is 0 Å². The second kappa shape index (κ2) is 10.8. The Morgan fingerprint density at radius 2 is 1.33 bits per heavy atom. The molecule has 0 atom stereocenters. The number of methoxy groups -OCH3 is 1. The predicted molar refractivity (Wildman–Crippen MR) is 121 cm³/mol. The number of hydrogen-bond donors (Lipinski definition) is 1. The van der Waals surface area contributed by atoms with Crippen LogP contribution in [0.5, 0.6) is 11.5 Å². The topological polar surface area (TPSA) is 38.7 Å². The van der Waals surface area contributed by atoms with Crippen LogP contribution in [0.15, 0.2) is 30.3 Å². The molecule has 0 saturated heterocycles. The van der Waals surface area contributed by atoms with E-state index < -0.39 is 17.5 Å². The van der Waals surface area contributed by atoms with Crippen LogP contribution in [0, 0.1) is 29.3 Å². The zero-order valence-corrected chi connectivity index (χ0v) is 19.2. The number of benzene rings is 2. The Hall–Kier alpha value is -2.21. The minimum atomic E-state index is -0.690. The summed E-state index contributed by atoms with van der Waals surface area (Å²) in [5, 5.41) is 9.31. The Bertz CT molecular complexity index is 932. The number of rotatable bonds is 7. The second-order valence-corrected chi connectivity index (χ2v) is 9.60. The van der Waals surface area contributed by atoms with Crippen molar-refractivity contribution in [3.05, 3.63) is 58.9 Å². The maximum absolute atomic E-state index is 15.0. The monoisotopic (exact) mass is 462 g/mol. The maximum Gasteiger partial charge on any atom is 0.168 e. The van der Waals surface area contributed by atoms with Gasteiger partial charge in [-0.15, -0.1) is 0 Å². The minimum Gasteiger partial charge on any atom is -0.494 e. The smallest absolute Gasteiger partial charge is 0.168 e. The van der Waals surface area contributed by atoms with Crippen LogP contribution < -0.4 is 9.47 Å². The van der Waals surface area contributed by atoms with Crippen molar-refractivity contribution in [1.29, 1.82) is 0 Å². The van der Waals surface area contributed by atoms with Crippen molar-refractivity contribution in [2.75, 3.05) is 20.3 Å². The third-order valence-corrected chi connectivity index (χ3v) is 7.58. The molecule has 0 amide bonds. The zero-order valence-electron chi connectivity index (χ0n) is 19.2. The summed E-state index contributed by atoms with van der Waals surface area (Å²) < 4.78 is 54.5. The first kappa shape index (κ1) is 23.9. The highest BCUT2D eigenvalue weighted by atomic mass is 19.2. The van der Waals surface area contributed by atoms with E-state index >= 15 is 4.39 Å². The summed E-state index contributed by atoms with van der Waals surface area (Å²) in [7, 11) is 1.42. The van der Waals surface area contributed by atoms with Crippen LogP contribution in [0.4, 0.5) is 13.2 Å². The molecule has 1 N–H and O–H groups in total. The summed E-state index contributed by atoms with van der Waals surface area (Å²) in [6, 6.07) is 8.11. The average Bonchev–Trinajstić information content (AvgIpc) is 2.85. The fourth-order valence-electron chi connectivity index (χ4n) is 5.46. The number of aliphatic hydroxyl groups excluding tert-OH is 1. The van der Waals surface area contributed by atoms with Gasteiger partial charge in [0.15, 0.2) is 23.2 Å². The molecule has 33 heavy (non-hydrogen) atoms. The Kier molecular flexibility index (Phi) is 7.84. The van der Waals surface area contributed by atoms with Crippen molar-refractivity contribution in [3.63, 3.8) is 0 Å². The molecule has 2 saturated carbocycles. The molecule has 0 aromatic heterocycles. The van der Waals surface area contributed by atoms with E-state index in [1.54, 1.807) is 24.3 Å². The molecule has 6 heteroatoms. The Labute approximate surface area is 193 Å². The highest BCUT2D eigenvalue weighted by Gasteiger charge is 2.29. The Balaban J connectivity index is 1.32. The summed E-state index contributed by atoms with van der Waals surface area (Å²) >= 11 is 0. The van der Waals surface area contributed by atoms with Gasteiger partial charge >= 0.3 is 0 Å². The molecular formula is C27H33F3O3. The first-order valence-electron chi connectivity index (χ1n) is 12.0. The molecular weight excluding hydrogens is 429 g/mol. The standard InChI is InChI=1S/C27H33F3O3/c1-32-25-13-10-21(14-24(25)28)33-16-18-4-8-20(9-5-18)23-12-11-22(26(29)27(23)30)19-6-2-17(15-31)3-7-19/h10-14,17-20,31H,2-9,15-16H2,1H3. The van der Waals surface area contributed by atoms with Crippen LogP contribution in [0.3, 0.4) is 0 Å². The minimum absolute atomic E-state index is 0.00774. The third kappa shape index (κ3) is 5.48. The second-order valence-electron chi connectivity index (χ2n) is 9.60. The van der Waals surface area contributed by atoms with Crippen molar-refractivity contribution < 1.29 is 27.8 Å². The molecule has 0 spiro atoms. The van der Waals surface area contributed by atoms with Crippen LogP contribution >= 0.6 is 0 Å². The van der Waals surface area contributed by atoms with E-state index in [4.69, 9.17) is 9.47 Å². The van der Waals surface area contributed by atoms with Crippen molar-refractivity contribution >= 4 is 0 Å². The quantitative estimate of drug-likeness (QED) is 0.496. The molecule has 2 fully saturated rings. The lowest BCUT2D eigenvalue weighted by Gasteiger charge is -2.30. The van der Waals surface area contributed by atoms with Crippen molar-refractivity contribution in [3.8, 4) is 11.5 Å². The van der Waals surface area contributed by atoms with E-state index in [-0.39, 0.29) is 30.1 Å². The number of hydrogen-bond acceptors (Lipinski definition) is 3. The molecule has 0 heterocycles. The van der Waals surface area contributed by atoms with E-state index in [1.807, 2.05) is 0 Å². The fourth-order valence-corrected chi connectivity index (χ4v) is 5.46. The molecule has 2 aromatic carbocycles. The van der Waals surface area contributed by atoms with E-state index in [2.05, 4.69) is 0 Å². The number of aliphatic hydroxyl groups is 1. The number of ether oxygens (including phenoxy) is 2. The highest BCUT2D eigenvalue weighted by Crippen LogP contribution is 2.41. The van der Waals surface area contributed by atoms with Gasteiger partial charge in [0, 0.05) is 12.7 Å². The third-order valence-electron chi connectivity index (χ3n) is 7.58. The molecule has 2 aliphatic rings. The summed E-state index contributed by atoms with van der Waals surface area (Å²) in [4.78, 5) is 0. The molecule has 3 nitrogen and oxygen atoms in total. The lowest BCUT2D eigenvalue weighted by atomic mass is 9.76. The van der Waals surface area contributed by atoms with Gasteiger partial charge < -0.3 is 14.6 Å². The zero-order chi connectivity index (χ0) is 23.4. The van der Waals surface area contributed by atoms with Crippen molar-refractivity contribution in [2.45, 2.75) is 63.2 Å². The molecule has 0 unspecified atom stereocenters. The summed E-state index contributed by atoms with van der Waals surface area (Å²) in [5.74, 6) is -0.552. The molecule has 2 aliphatic carbocycles. The molecule has 4 rings (SSSR count). The molecule has 180 valence electrons. The van der Waals surface area contributed by atoms with Crippen LogP contribution in [0.25, 0.3) is 0 Å². The first-order valence-corrected chi connectivity index (χ1v) is 12.0. The predicted octanol–water partition coefficient (Wildman–Crippen LogP) is 6.73. The van der Waals surface area contributed by atoms with Crippen molar-refractivity contribution in [1.82, 2.24) is 0 Å². The lowest BCUT2D eigenvalue weighted by molar-refractivity contribution is 0.181. The van der Waals surface area contributed by atoms with Gasteiger partial charge in [0.2, 0.25) is 0 Å². The van der Waals surface area contributed by atoms with Crippen LogP contribution in [0.2, 0.25) is 0 Å². The van der Waals surface area contributed by atoms with E-state index in [1.165, 1.54) is 13.2 Å². The van der Waals surface area contributed by atoms with Gasteiger partial charge in [-0.05, 0) is 98.3 Å². The van der Waals surface area contributed by atoms with Gasteiger partial charge in [-0.3, -0.25) is 0 Å². The van der Waals surface area contributed by atoms with E-state index in [9.17, 15) is 13.9 Å². The normalized spacial score (nSPS) is 25.6.